The summed E-state index contributed by atoms with van der Waals surface area (Å²) >= 11 is 0. The molecule has 0 aliphatic carbocycles. The zero-order valence-electron chi connectivity index (χ0n) is 13.2. The zero-order chi connectivity index (χ0) is 17.8. The van der Waals surface area contributed by atoms with Crippen molar-refractivity contribution in [3.8, 4) is 0 Å². The molecule has 0 fully saturated rings. The second kappa shape index (κ2) is 7.23. The molecule has 1 N–H and O–H groups in total. The van der Waals surface area contributed by atoms with Gasteiger partial charge in [0.15, 0.2) is 5.69 Å². The Kier molecular flexibility index (Phi) is 4.85. The molecule has 0 amide bonds. The van der Waals surface area contributed by atoms with Gasteiger partial charge in [-0.3, -0.25) is 4.79 Å². The molecule has 3 rings (SSSR count). The van der Waals surface area contributed by atoms with Gasteiger partial charge in [0.2, 0.25) is 0 Å². The number of halogens is 1. The molecule has 0 aliphatic heterocycles. The molecule has 0 aliphatic rings. The number of aromatic nitrogens is 2. The molecule has 2 aromatic carbocycles. The number of carbonyl (C=O) groups excluding carboxylic acids is 1. The van der Waals surface area contributed by atoms with E-state index in [4.69, 9.17) is 9.84 Å². The molecule has 6 nitrogen and oxygen atoms in total. The van der Waals surface area contributed by atoms with Crippen LogP contribution in [0, 0.1) is 5.82 Å². The van der Waals surface area contributed by atoms with E-state index in [1.165, 1.54) is 12.1 Å². The summed E-state index contributed by atoms with van der Waals surface area (Å²) in [7, 11) is 0. The number of aliphatic hydroxyl groups excluding tert-OH is 1. The lowest BCUT2D eigenvalue weighted by molar-refractivity contribution is 0.0461. The average molecular weight is 342 g/mol. The van der Waals surface area contributed by atoms with Crippen LogP contribution in [-0.2, 0) is 17.9 Å². The molecule has 0 atom stereocenters. The van der Waals surface area contributed by atoms with Crippen molar-refractivity contribution in [2.45, 2.75) is 13.2 Å². The third-order valence-electron chi connectivity index (χ3n) is 3.69. The molecule has 0 bridgehead atoms. The molecule has 1 aromatic heterocycles. The fraction of sp³-hybridized carbons (Fsp3) is 0.167. The van der Waals surface area contributed by atoms with E-state index < -0.39 is 17.3 Å². The Morgan fingerprint density at radius 2 is 1.80 bits per heavy atom. The van der Waals surface area contributed by atoms with Gasteiger partial charge in [-0.2, -0.15) is 5.10 Å². The summed E-state index contributed by atoms with van der Waals surface area (Å²) in [5.41, 5.74) is -0.223. The number of hydrogen-bond acceptors (Lipinski definition) is 5. The number of carbonyl (C=O) groups is 1. The Balaban J connectivity index is 1.96. The molecule has 0 saturated carbocycles. The molecule has 0 unspecified atom stereocenters. The third-order valence-corrected chi connectivity index (χ3v) is 3.69. The van der Waals surface area contributed by atoms with Gasteiger partial charge in [0.1, 0.15) is 12.4 Å². The Bertz CT molecular complexity index is 984. The number of esters is 1. The Labute approximate surface area is 142 Å². The van der Waals surface area contributed by atoms with Crippen molar-refractivity contribution in [1.82, 2.24) is 9.78 Å². The van der Waals surface area contributed by atoms with E-state index in [1.807, 2.05) is 0 Å². The topological polar surface area (TPSA) is 81.4 Å². The fourth-order valence-electron chi connectivity index (χ4n) is 2.46. The smallest absolute Gasteiger partial charge is 0.359 e. The highest BCUT2D eigenvalue weighted by Crippen LogP contribution is 2.15. The molecular formula is C18H15FN2O4. The van der Waals surface area contributed by atoms with Crippen molar-refractivity contribution in [2.24, 2.45) is 0 Å². The maximum Gasteiger partial charge on any atom is 0.359 e. The first-order valence-electron chi connectivity index (χ1n) is 7.63. The summed E-state index contributed by atoms with van der Waals surface area (Å²) in [6.45, 7) is -0.590. The van der Waals surface area contributed by atoms with E-state index in [2.05, 4.69) is 5.10 Å². The van der Waals surface area contributed by atoms with Gasteiger partial charge in [-0.1, -0.05) is 36.4 Å². The normalized spacial score (nSPS) is 10.8. The molecule has 25 heavy (non-hydrogen) atoms. The molecule has 7 heteroatoms. The molecule has 0 spiro atoms. The largest absolute Gasteiger partial charge is 0.456 e. The van der Waals surface area contributed by atoms with Crippen LogP contribution in [0.1, 0.15) is 16.1 Å². The van der Waals surface area contributed by atoms with Crippen LogP contribution in [-0.4, -0.2) is 27.5 Å². The maximum absolute atomic E-state index is 13.6. The third kappa shape index (κ3) is 3.41. The second-order valence-electron chi connectivity index (χ2n) is 5.31. The summed E-state index contributed by atoms with van der Waals surface area (Å²) < 4.78 is 19.8. The van der Waals surface area contributed by atoms with Gasteiger partial charge in [0, 0.05) is 10.9 Å². The van der Waals surface area contributed by atoms with Crippen molar-refractivity contribution < 1.29 is 19.0 Å². The van der Waals surface area contributed by atoms with Crippen LogP contribution < -0.4 is 5.56 Å². The minimum atomic E-state index is -0.772. The van der Waals surface area contributed by atoms with E-state index in [0.717, 1.165) is 4.68 Å². The quantitative estimate of drug-likeness (QED) is 0.716. The fourth-order valence-corrected chi connectivity index (χ4v) is 2.46. The minimum absolute atomic E-state index is 0.0444. The summed E-state index contributed by atoms with van der Waals surface area (Å²) in [5, 5.41) is 13.7. The van der Waals surface area contributed by atoms with Gasteiger partial charge in [0.25, 0.3) is 5.56 Å². The lowest BCUT2D eigenvalue weighted by atomic mass is 10.1. The zero-order valence-corrected chi connectivity index (χ0v) is 13.2. The first-order valence-corrected chi connectivity index (χ1v) is 7.63. The number of ether oxygens (including phenoxy) is 1. The summed E-state index contributed by atoms with van der Waals surface area (Å²) in [6, 6.07) is 12.5. The van der Waals surface area contributed by atoms with E-state index in [9.17, 15) is 14.0 Å². The number of nitrogens with zero attached hydrogens (tertiary/aromatic N) is 2. The lowest BCUT2D eigenvalue weighted by Gasteiger charge is -2.10. The Morgan fingerprint density at radius 1 is 1.12 bits per heavy atom. The highest BCUT2D eigenvalue weighted by molar-refractivity contribution is 6.02. The molecule has 128 valence electrons. The summed E-state index contributed by atoms with van der Waals surface area (Å²) in [6.07, 6.45) is 0. The van der Waals surface area contributed by atoms with E-state index in [-0.39, 0.29) is 31.0 Å². The van der Waals surface area contributed by atoms with Crippen LogP contribution in [0.15, 0.2) is 53.3 Å². The Morgan fingerprint density at radius 3 is 2.52 bits per heavy atom. The van der Waals surface area contributed by atoms with E-state index >= 15 is 0 Å². The number of rotatable bonds is 5. The highest BCUT2D eigenvalue weighted by Gasteiger charge is 2.18. The molecule has 1 heterocycles. The SMILES string of the molecule is O=C(OCc1ccccc1F)c1nn(CCO)c(=O)c2ccccc12. The van der Waals surface area contributed by atoms with Crippen molar-refractivity contribution in [3.05, 3.63) is 76.0 Å². The first kappa shape index (κ1) is 16.8. The van der Waals surface area contributed by atoms with Crippen LogP contribution in [0.25, 0.3) is 10.8 Å². The van der Waals surface area contributed by atoms with Gasteiger partial charge >= 0.3 is 5.97 Å². The number of aliphatic hydroxyl groups is 1. The maximum atomic E-state index is 13.6. The lowest BCUT2D eigenvalue weighted by Crippen LogP contribution is -2.27. The standard InChI is InChI=1S/C18H15FN2O4/c19-15-8-4-1-5-12(15)11-25-18(24)16-13-6-2-3-7-14(13)17(23)21(20-16)9-10-22/h1-8,22H,9-11H2. The number of hydrogen-bond donors (Lipinski definition) is 1. The van der Waals surface area contributed by atoms with Crippen LogP contribution in [0.3, 0.4) is 0 Å². The predicted octanol–water partition coefficient (Wildman–Crippen LogP) is 1.88. The van der Waals surface area contributed by atoms with Crippen LogP contribution in [0.5, 0.6) is 0 Å². The van der Waals surface area contributed by atoms with Crippen LogP contribution >= 0.6 is 0 Å². The second-order valence-corrected chi connectivity index (χ2v) is 5.31. The summed E-state index contributed by atoms with van der Waals surface area (Å²) in [4.78, 5) is 24.7. The average Bonchev–Trinajstić information content (AvgIpc) is 2.63. The van der Waals surface area contributed by atoms with E-state index in [1.54, 1.807) is 36.4 Å². The monoisotopic (exact) mass is 342 g/mol. The van der Waals surface area contributed by atoms with Gasteiger partial charge in [-0.25, -0.2) is 13.9 Å². The minimum Gasteiger partial charge on any atom is -0.456 e. The number of benzene rings is 2. The highest BCUT2D eigenvalue weighted by atomic mass is 19.1. The van der Waals surface area contributed by atoms with Crippen molar-refractivity contribution in [2.75, 3.05) is 6.61 Å². The van der Waals surface area contributed by atoms with Crippen molar-refractivity contribution in [1.29, 1.82) is 0 Å². The summed E-state index contributed by atoms with van der Waals surface area (Å²) in [5.74, 6) is -1.25. The van der Waals surface area contributed by atoms with Gasteiger partial charge in [-0.05, 0) is 12.1 Å². The molecule has 0 radical (unpaired) electrons. The van der Waals surface area contributed by atoms with Crippen molar-refractivity contribution in [3.63, 3.8) is 0 Å². The van der Waals surface area contributed by atoms with Gasteiger partial charge < -0.3 is 9.84 Å². The number of fused-ring (bicyclic) bond motifs is 1. The molecule has 0 saturated heterocycles. The van der Waals surface area contributed by atoms with E-state index in [0.29, 0.717) is 10.8 Å². The van der Waals surface area contributed by atoms with Crippen LogP contribution in [0.4, 0.5) is 4.39 Å². The first-order chi connectivity index (χ1) is 12.1. The Hall–Kier alpha value is -3.06. The van der Waals surface area contributed by atoms with Crippen LogP contribution in [0.2, 0.25) is 0 Å². The van der Waals surface area contributed by atoms with Gasteiger partial charge in [0.05, 0.1) is 18.5 Å². The molecule has 3 aromatic rings. The van der Waals surface area contributed by atoms with Crippen molar-refractivity contribution >= 4 is 16.7 Å². The van der Waals surface area contributed by atoms with Gasteiger partial charge in [-0.15, -0.1) is 0 Å². The molecular weight excluding hydrogens is 327 g/mol. The predicted molar refractivity (Wildman–Crippen MR) is 88.6 cm³/mol.